The first-order valence-corrected chi connectivity index (χ1v) is 12.5. The Balaban J connectivity index is 0. The SMILES string of the molecule is CCCCCCCC[N+](C)(CCCCCCCC)CCCCCCCC.I. The van der Waals surface area contributed by atoms with E-state index in [-0.39, 0.29) is 24.0 Å². The van der Waals surface area contributed by atoms with Gasteiger partial charge in [0.2, 0.25) is 0 Å². The number of halogens is 1. The summed E-state index contributed by atoms with van der Waals surface area (Å²) < 4.78 is 1.36. The molecule has 0 spiro atoms. The molecule has 0 saturated heterocycles. The molecule has 166 valence electrons. The molecule has 0 fully saturated rings. The molecule has 0 rings (SSSR count). The maximum atomic E-state index is 2.56. The van der Waals surface area contributed by atoms with Crippen LogP contribution >= 0.6 is 24.0 Å². The highest BCUT2D eigenvalue weighted by molar-refractivity contribution is 14.0. The molecule has 0 saturated carbocycles. The maximum absolute atomic E-state index is 2.56. The molecule has 1 nitrogen and oxygen atoms in total. The van der Waals surface area contributed by atoms with E-state index in [0.29, 0.717) is 0 Å². The molecule has 0 amide bonds. The van der Waals surface area contributed by atoms with Crippen LogP contribution in [0.5, 0.6) is 0 Å². The summed E-state index contributed by atoms with van der Waals surface area (Å²) in [6.45, 7) is 11.2. The second-order valence-electron chi connectivity index (χ2n) is 9.09. The van der Waals surface area contributed by atoms with Crippen LogP contribution in [-0.4, -0.2) is 31.2 Å². The standard InChI is InChI=1S/C25H54N.HI/c1-5-8-11-14-17-20-23-26(4,24-21-18-15-12-9-6-2)25-22-19-16-13-10-7-3;/h5-25H2,1-4H3;1H/q+1;. The Morgan fingerprint density at radius 3 is 0.852 bits per heavy atom. The molecule has 0 aromatic rings. The fourth-order valence-corrected chi connectivity index (χ4v) is 4.16. The van der Waals surface area contributed by atoms with E-state index in [1.807, 2.05) is 0 Å². The minimum absolute atomic E-state index is 0. The highest BCUT2D eigenvalue weighted by atomic mass is 127. The van der Waals surface area contributed by atoms with Crippen molar-refractivity contribution in [3.8, 4) is 0 Å². The average molecular weight is 497 g/mol. The summed E-state index contributed by atoms with van der Waals surface area (Å²) in [6.07, 6.45) is 25.9. The molecule has 0 heterocycles. The minimum Gasteiger partial charge on any atom is -0.326 e. The molecular weight excluding hydrogens is 441 g/mol. The highest BCUT2D eigenvalue weighted by Crippen LogP contribution is 2.16. The Labute approximate surface area is 191 Å². The predicted octanol–water partition coefficient (Wildman–Crippen LogP) is 9.13. The average Bonchev–Trinajstić information content (AvgIpc) is 2.64. The Morgan fingerprint density at radius 1 is 0.370 bits per heavy atom. The summed E-state index contributed by atoms with van der Waals surface area (Å²) in [5.41, 5.74) is 0. The van der Waals surface area contributed by atoms with Crippen LogP contribution in [0.25, 0.3) is 0 Å². The van der Waals surface area contributed by atoms with Crippen molar-refractivity contribution in [3.63, 3.8) is 0 Å². The summed E-state index contributed by atoms with van der Waals surface area (Å²) >= 11 is 0. The van der Waals surface area contributed by atoms with Gasteiger partial charge in [0.05, 0.1) is 26.7 Å². The first kappa shape index (κ1) is 29.9. The van der Waals surface area contributed by atoms with Gasteiger partial charge in [-0.3, -0.25) is 0 Å². The van der Waals surface area contributed by atoms with Crippen molar-refractivity contribution in [1.82, 2.24) is 0 Å². The van der Waals surface area contributed by atoms with Gasteiger partial charge in [-0.05, 0) is 38.5 Å². The van der Waals surface area contributed by atoms with E-state index >= 15 is 0 Å². The topological polar surface area (TPSA) is 0 Å². The van der Waals surface area contributed by atoms with Crippen LogP contribution in [0.1, 0.15) is 136 Å². The molecule has 2 heteroatoms. The van der Waals surface area contributed by atoms with Gasteiger partial charge >= 0.3 is 0 Å². The molecule has 0 aliphatic carbocycles. The number of hydrogen-bond acceptors (Lipinski definition) is 0. The van der Waals surface area contributed by atoms with Gasteiger partial charge in [0.15, 0.2) is 0 Å². The van der Waals surface area contributed by atoms with Crippen molar-refractivity contribution in [2.75, 3.05) is 26.7 Å². The van der Waals surface area contributed by atoms with Gasteiger partial charge < -0.3 is 4.48 Å². The van der Waals surface area contributed by atoms with Crippen LogP contribution in [0.15, 0.2) is 0 Å². The monoisotopic (exact) mass is 496 g/mol. The van der Waals surface area contributed by atoms with E-state index in [9.17, 15) is 0 Å². The Bertz CT molecular complexity index is 226. The van der Waals surface area contributed by atoms with Gasteiger partial charge in [0, 0.05) is 0 Å². The zero-order chi connectivity index (χ0) is 19.3. The molecule has 0 aliphatic rings. The summed E-state index contributed by atoms with van der Waals surface area (Å²) in [7, 11) is 2.56. The maximum Gasteiger partial charge on any atom is 0.0784 e. The van der Waals surface area contributed by atoms with E-state index in [1.165, 1.54) is 140 Å². The largest absolute Gasteiger partial charge is 0.326 e. The summed E-state index contributed by atoms with van der Waals surface area (Å²) in [6, 6.07) is 0. The molecular formula is C25H55IN+. The van der Waals surface area contributed by atoms with Crippen molar-refractivity contribution in [2.24, 2.45) is 0 Å². The Hall–Kier alpha value is 0.690. The molecule has 0 bridgehead atoms. The molecule has 0 N–H and O–H groups in total. The second-order valence-corrected chi connectivity index (χ2v) is 9.09. The molecule has 0 atom stereocenters. The van der Waals surface area contributed by atoms with Crippen molar-refractivity contribution in [2.45, 2.75) is 136 Å². The lowest BCUT2D eigenvalue weighted by Crippen LogP contribution is -2.46. The third-order valence-electron chi connectivity index (χ3n) is 6.15. The van der Waals surface area contributed by atoms with Gasteiger partial charge in [-0.15, -0.1) is 24.0 Å². The fourth-order valence-electron chi connectivity index (χ4n) is 4.16. The van der Waals surface area contributed by atoms with E-state index in [0.717, 1.165) is 0 Å². The summed E-state index contributed by atoms with van der Waals surface area (Å²) in [5, 5.41) is 0. The first-order chi connectivity index (χ1) is 12.7. The van der Waals surface area contributed by atoms with Gasteiger partial charge in [-0.2, -0.15) is 0 Å². The van der Waals surface area contributed by atoms with Crippen molar-refractivity contribution in [1.29, 1.82) is 0 Å². The zero-order valence-corrected chi connectivity index (χ0v) is 22.0. The molecule has 0 aliphatic heterocycles. The third-order valence-corrected chi connectivity index (χ3v) is 6.15. The van der Waals surface area contributed by atoms with Crippen LogP contribution in [-0.2, 0) is 0 Å². The predicted molar refractivity (Wildman–Crippen MR) is 136 cm³/mol. The van der Waals surface area contributed by atoms with E-state index in [1.54, 1.807) is 0 Å². The van der Waals surface area contributed by atoms with Gasteiger partial charge in [-0.25, -0.2) is 0 Å². The van der Waals surface area contributed by atoms with Crippen LogP contribution in [0, 0.1) is 0 Å². The van der Waals surface area contributed by atoms with Crippen LogP contribution in [0.3, 0.4) is 0 Å². The third kappa shape index (κ3) is 21.2. The smallest absolute Gasteiger partial charge is 0.0784 e. The van der Waals surface area contributed by atoms with E-state index in [2.05, 4.69) is 27.8 Å². The fraction of sp³-hybridized carbons (Fsp3) is 1.00. The Morgan fingerprint density at radius 2 is 0.593 bits per heavy atom. The minimum atomic E-state index is 0. The van der Waals surface area contributed by atoms with Crippen molar-refractivity contribution in [3.05, 3.63) is 0 Å². The number of nitrogens with zero attached hydrogens (tertiary/aromatic N) is 1. The molecule has 0 radical (unpaired) electrons. The molecule has 0 aromatic carbocycles. The second kappa shape index (κ2) is 23.0. The van der Waals surface area contributed by atoms with Gasteiger partial charge in [-0.1, -0.05) is 97.8 Å². The number of rotatable bonds is 21. The molecule has 27 heavy (non-hydrogen) atoms. The normalized spacial score (nSPS) is 11.6. The lowest BCUT2D eigenvalue weighted by Gasteiger charge is -2.35. The lowest BCUT2D eigenvalue weighted by molar-refractivity contribution is -0.910. The molecule has 0 unspecified atom stereocenters. The van der Waals surface area contributed by atoms with E-state index in [4.69, 9.17) is 0 Å². The Kier molecular flexibility index (Phi) is 25.4. The summed E-state index contributed by atoms with van der Waals surface area (Å²) in [4.78, 5) is 0. The van der Waals surface area contributed by atoms with Crippen LogP contribution in [0.2, 0.25) is 0 Å². The molecule has 0 aromatic heterocycles. The zero-order valence-electron chi connectivity index (χ0n) is 19.7. The van der Waals surface area contributed by atoms with E-state index < -0.39 is 0 Å². The first-order valence-electron chi connectivity index (χ1n) is 12.5. The number of unbranched alkanes of at least 4 members (excludes halogenated alkanes) is 15. The van der Waals surface area contributed by atoms with Crippen molar-refractivity contribution < 1.29 is 4.48 Å². The quantitative estimate of drug-likeness (QED) is 0.0844. The lowest BCUT2D eigenvalue weighted by atomic mass is 10.1. The van der Waals surface area contributed by atoms with Gasteiger partial charge in [0.1, 0.15) is 0 Å². The summed E-state index contributed by atoms with van der Waals surface area (Å²) in [5.74, 6) is 0. The van der Waals surface area contributed by atoms with Crippen LogP contribution in [0.4, 0.5) is 0 Å². The van der Waals surface area contributed by atoms with Crippen molar-refractivity contribution >= 4 is 24.0 Å². The van der Waals surface area contributed by atoms with Crippen LogP contribution < -0.4 is 0 Å². The number of hydrogen-bond donors (Lipinski definition) is 0. The highest BCUT2D eigenvalue weighted by Gasteiger charge is 2.20. The van der Waals surface area contributed by atoms with Gasteiger partial charge in [0.25, 0.3) is 0 Å². The number of quaternary nitrogens is 1.